The molecule has 0 saturated carbocycles. The molecule has 2 aromatic rings. The molecule has 0 amide bonds. The summed E-state index contributed by atoms with van der Waals surface area (Å²) in [6.45, 7) is 10.5. The minimum Gasteiger partial charge on any atom is -0.497 e. The summed E-state index contributed by atoms with van der Waals surface area (Å²) in [6, 6.07) is 8.79. The summed E-state index contributed by atoms with van der Waals surface area (Å²) in [4.78, 5) is 7.00. The Morgan fingerprint density at radius 3 is 2.50 bits per heavy atom. The van der Waals surface area contributed by atoms with E-state index in [-0.39, 0.29) is 0 Å². The Kier molecular flexibility index (Phi) is 7.89. The first-order valence-electron chi connectivity index (χ1n) is 10.1. The molecule has 1 heterocycles. The number of hydrogen-bond donors (Lipinski definition) is 0. The number of likely N-dealkylation sites (N-methyl/N-ethyl adjacent to an activating group) is 1. The predicted octanol–water partition coefficient (Wildman–Crippen LogP) is 5.57. The van der Waals surface area contributed by atoms with Crippen molar-refractivity contribution in [2.24, 2.45) is 11.8 Å². The van der Waals surface area contributed by atoms with E-state index in [2.05, 4.69) is 56.8 Å². The molecule has 0 spiro atoms. The minimum absolute atomic E-state index is 0.501. The fourth-order valence-corrected chi connectivity index (χ4v) is 3.92. The Balaban J connectivity index is 2.02. The van der Waals surface area contributed by atoms with Gasteiger partial charge >= 0.3 is 0 Å². The van der Waals surface area contributed by atoms with E-state index >= 15 is 0 Å². The van der Waals surface area contributed by atoms with Gasteiger partial charge in [-0.05, 0) is 75.0 Å². The molecule has 2 rings (SSSR count). The van der Waals surface area contributed by atoms with Crippen LogP contribution < -0.4 is 4.74 Å². The number of aromatic nitrogens is 1. The largest absolute Gasteiger partial charge is 0.497 e. The SMILES string of the molecule is CCC(CC)C(C)CCN(C)C(C)Cc1ccnc2ccc(OC)cc12. The highest BCUT2D eigenvalue weighted by atomic mass is 16.5. The summed E-state index contributed by atoms with van der Waals surface area (Å²) in [5.41, 5.74) is 2.39. The maximum atomic E-state index is 5.40. The van der Waals surface area contributed by atoms with Gasteiger partial charge in [0.25, 0.3) is 0 Å². The Morgan fingerprint density at radius 1 is 1.12 bits per heavy atom. The number of fused-ring (bicyclic) bond motifs is 1. The Labute approximate surface area is 159 Å². The second-order valence-electron chi connectivity index (χ2n) is 7.73. The van der Waals surface area contributed by atoms with Crippen LogP contribution in [0, 0.1) is 11.8 Å². The Bertz CT molecular complexity index is 681. The maximum Gasteiger partial charge on any atom is 0.119 e. The number of benzene rings is 1. The van der Waals surface area contributed by atoms with Crippen molar-refractivity contribution in [3.63, 3.8) is 0 Å². The molecule has 2 unspecified atom stereocenters. The lowest BCUT2D eigenvalue weighted by atomic mass is 9.87. The van der Waals surface area contributed by atoms with Gasteiger partial charge in [-0.15, -0.1) is 0 Å². The van der Waals surface area contributed by atoms with Crippen molar-refractivity contribution >= 4 is 10.9 Å². The van der Waals surface area contributed by atoms with Gasteiger partial charge in [-0.3, -0.25) is 4.98 Å². The van der Waals surface area contributed by atoms with Gasteiger partial charge < -0.3 is 9.64 Å². The van der Waals surface area contributed by atoms with Gasteiger partial charge in [0.15, 0.2) is 0 Å². The highest BCUT2D eigenvalue weighted by molar-refractivity contribution is 5.83. The molecule has 2 atom stereocenters. The first-order chi connectivity index (χ1) is 12.5. The molecule has 0 N–H and O–H groups in total. The maximum absolute atomic E-state index is 5.40. The highest BCUT2D eigenvalue weighted by Gasteiger charge is 2.17. The smallest absolute Gasteiger partial charge is 0.119 e. The van der Waals surface area contributed by atoms with Crippen molar-refractivity contribution in [2.75, 3.05) is 20.7 Å². The lowest BCUT2D eigenvalue weighted by Gasteiger charge is -2.28. The van der Waals surface area contributed by atoms with Gasteiger partial charge in [-0.1, -0.05) is 33.6 Å². The van der Waals surface area contributed by atoms with E-state index in [0.717, 1.165) is 36.1 Å². The summed E-state index contributed by atoms with van der Waals surface area (Å²) in [5.74, 6) is 2.55. The minimum atomic E-state index is 0.501. The zero-order valence-electron chi connectivity index (χ0n) is 17.5. The summed E-state index contributed by atoms with van der Waals surface area (Å²) < 4.78 is 5.40. The number of ether oxygens (including phenoxy) is 1. The third kappa shape index (κ3) is 5.20. The summed E-state index contributed by atoms with van der Waals surface area (Å²) in [6.07, 6.45) is 6.82. The molecule has 0 aliphatic heterocycles. The van der Waals surface area contributed by atoms with Crippen molar-refractivity contribution in [1.82, 2.24) is 9.88 Å². The summed E-state index contributed by atoms with van der Waals surface area (Å²) >= 11 is 0. The van der Waals surface area contributed by atoms with Crippen LogP contribution >= 0.6 is 0 Å². The van der Waals surface area contributed by atoms with Gasteiger partial charge in [0.05, 0.1) is 12.6 Å². The number of pyridine rings is 1. The molecule has 1 aromatic heterocycles. The standard InChI is InChI=1S/C23H36N2O/c1-7-19(8-2)17(3)12-14-25(5)18(4)15-20-11-13-24-23-10-9-21(26-6)16-22(20)23/h9-11,13,16-19H,7-8,12,14-15H2,1-6H3. The molecule has 0 fully saturated rings. The van der Waals surface area contributed by atoms with E-state index in [4.69, 9.17) is 4.74 Å². The van der Waals surface area contributed by atoms with Gasteiger partial charge in [-0.2, -0.15) is 0 Å². The highest BCUT2D eigenvalue weighted by Crippen LogP contribution is 2.25. The third-order valence-corrected chi connectivity index (χ3v) is 6.10. The number of rotatable bonds is 10. The molecule has 144 valence electrons. The average molecular weight is 357 g/mol. The predicted molar refractivity (Wildman–Crippen MR) is 112 cm³/mol. The molecule has 26 heavy (non-hydrogen) atoms. The van der Waals surface area contributed by atoms with E-state index in [9.17, 15) is 0 Å². The fourth-order valence-electron chi connectivity index (χ4n) is 3.92. The zero-order chi connectivity index (χ0) is 19.1. The van der Waals surface area contributed by atoms with Crippen LogP contribution in [0.1, 0.15) is 52.5 Å². The lowest BCUT2D eigenvalue weighted by molar-refractivity contribution is 0.215. The molecule has 0 saturated heterocycles. The van der Waals surface area contributed by atoms with E-state index in [0.29, 0.717) is 6.04 Å². The average Bonchev–Trinajstić information content (AvgIpc) is 2.66. The zero-order valence-corrected chi connectivity index (χ0v) is 17.5. The van der Waals surface area contributed by atoms with Crippen molar-refractivity contribution in [2.45, 2.75) is 59.4 Å². The van der Waals surface area contributed by atoms with Gasteiger partial charge in [-0.25, -0.2) is 0 Å². The van der Waals surface area contributed by atoms with Crippen LogP contribution in [-0.4, -0.2) is 36.6 Å². The van der Waals surface area contributed by atoms with Gasteiger partial charge in [0.1, 0.15) is 5.75 Å². The summed E-state index contributed by atoms with van der Waals surface area (Å²) in [5, 5.41) is 1.21. The van der Waals surface area contributed by atoms with Crippen molar-refractivity contribution in [3.8, 4) is 5.75 Å². The van der Waals surface area contributed by atoms with Crippen molar-refractivity contribution in [3.05, 3.63) is 36.0 Å². The first kappa shape index (κ1) is 20.7. The Hall–Kier alpha value is -1.61. The molecule has 3 heteroatoms. The topological polar surface area (TPSA) is 25.4 Å². The molecule has 0 aliphatic carbocycles. The van der Waals surface area contributed by atoms with Crippen molar-refractivity contribution < 1.29 is 4.74 Å². The van der Waals surface area contributed by atoms with Crippen molar-refractivity contribution in [1.29, 1.82) is 0 Å². The third-order valence-electron chi connectivity index (χ3n) is 6.10. The van der Waals surface area contributed by atoms with Crippen LogP contribution in [0.4, 0.5) is 0 Å². The quantitative estimate of drug-likeness (QED) is 0.556. The molecular weight excluding hydrogens is 320 g/mol. The van der Waals surface area contributed by atoms with Gasteiger partial charge in [0, 0.05) is 17.6 Å². The van der Waals surface area contributed by atoms with Crippen LogP contribution in [-0.2, 0) is 6.42 Å². The molecule has 0 aliphatic rings. The van der Waals surface area contributed by atoms with E-state index in [1.54, 1.807) is 7.11 Å². The normalized spacial score (nSPS) is 14.2. The fraction of sp³-hybridized carbons (Fsp3) is 0.609. The van der Waals surface area contributed by atoms with E-state index in [1.807, 2.05) is 18.3 Å². The Morgan fingerprint density at radius 2 is 1.85 bits per heavy atom. The van der Waals surface area contributed by atoms with Crippen LogP contribution in [0.15, 0.2) is 30.5 Å². The molecule has 1 aromatic carbocycles. The second kappa shape index (κ2) is 9.91. The first-order valence-corrected chi connectivity index (χ1v) is 10.1. The molecular formula is C23H36N2O. The summed E-state index contributed by atoms with van der Waals surface area (Å²) in [7, 11) is 3.98. The molecule has 3 nitrogen and oxygen atoms in total. The molecule has 0 bridgehead atoms. The lowest BCUT2D eigenvalue weighted by Crippen LogP contribution is -2.33. The van der Waals surface area contributed by atoms with Crippen LogP contribution in [0.2, 0.25) is 0 Å². The number of hydrogen-bond acceptors (Lipinski definition) is 3. The van der Waals surface area contributed by atoms with Crippen LogP contribution in [0.25, 0.3) is 10.9 Å². The number of nitrogens with zero attached hydrogens (tertiary/aromatic N) is 2. The van der Waals surface area contributed by atoms with Crippen LogP contribution in [0.5, 0.6) is 5.75 Å². The molecule has 0 radical (unpaired) electrons. The van der Waals surface area contributed by atoms with Gasteiger partial charge in [0.2, 0.25) is 0 Å². The second-order valence-corrected chi connectivity index (χ2v) is 7.73. The van der Waals surface area contributed by atoms with E-state index in [1.165, 1.54) is 30.2 Å². The van der Waals surface area contributed by atoms with Crippen LogP contribution in [0.3, 0.4) is 0 Å². The van der Waals surface area contributed by atoms with E-state index < -0.39 is 0 Å². The number of methoxy groups -OCH3 is 1. The monoisotopic (exact) mass is 356 g/mol.